The van der Waals surface area contributed by atoms with Crippen molar-refractivity contribution in [3.63, 3.8) is 0 Å². The molecule has 0 unspecified atom stereocenters. The van der Waals surface area contributed by atoms with Crippen molar-refractivity contribution >= 4 is 23.6 Å². The highest BCUT2D eigenvalue weighted by molar-refractivity contribution is 7.99. The quantitative estimate of drug-likeness (QED) is 0.386. The zero-order valence-corrected chi connectivity index (χ0v) is 9.31. The average Bonchev–Trinajstić information content (AvgIpc) is 2.97. The van der Waals surface area contributed by atoms with Crippen LogP contribution in [-0.2, 0) is 9.59 Å². The van der Waals surface area contributed by atoms with Crippen molar-refractivity contribution in [3.05, 3.63) is 12.7 Å². The summed E-state index contributed by atoms with van der Waals surface area (Å²) < 4.78 is 0. The Morgan fingerprint density at radius 1 is 1.53 bits per heavy atom. The van der Waals surface area contributed by atoms with E-state index in [4.69, 9.17) is 5.11 Å². The Hall–Kier alpha value is -0.970. The van der Waals surface area contributed by atoms with Crippen LogP contribution < -0.4 is 5.32 Å². The number of carbonyl (C=O) groups is 2. The summed E-state index contributed by atoms with van der Waals surface area (Å²) in [5, 5.41) is 11.5. The van der Waals surface area contributed by atoms with Gasteiger partial charge < -0.3 is 10.4 Å². The van der Waals surface area contributed by atoms with E-state index in [1.165, 1.54) is 0 Å². The summed E-state index contributed by atoms with van der Waals surface area (Å²) in [4.78, 5) is 22.3. The molecule has 0 saturated heterocycles. The summed E-state index contributed by atoms with van der Waals surface area (Å²) in [6.07, 6.45) is 2.73. The molecule has 1 aliphatic rings. The molecule has 1 saturated carbocycles. The number of rotatable bonds is 7. The Balaban J connectivity index is 2.19. The fraction of sp³-hybridized carbons (Fsp3) is 0.600. The van der Waals surface area contributed by atoms with E-state index < -0.39 is 11.4 Å². The van der Waals surface area contributed by atoms with Gasteiger partial charge in [0.1, 0.15) is 5.41 Å². The van der Waals surface area contributed by atoms with Crippen LogP contribution >= 0.6 is 11.8 Å². The van der Waals surface area contributed by atoms with Crippen molar-refractivity contribution < 1.29 is 14.7 Å². The molecular weight excluding hydrogens is 214 g/mol. The van der Waals surface area contributed by atoms with E-state index in [9.17, 15) is 9.59 Å². The molecule has 1 rings (SSSR count). The van der Waals surface area contributed by atoms with E-state index >= 15 is 0 Å². The molecule has 0 radical (unpaired) electrons. The Labute approximate surface area is 93.1 Å². The van der Waals surface area contributed by atoms with Gasteiger partial charge in [-0.3, -0.25) is 9.59 Å². The van der Waals surface area contributed by atoms with Crippen LogP contribution in [0.4, 0.5) is 0 Å². The van der Waals surface area contributed by atoms with E-state index in [1.807, 2.05) is 0 Å². The third kappa shape index (κ3) is 2.99. The number of hydrogen-bond acceptors (Lipinski definition) is 3. The molecule has 0 bridgehead atoms. The molecule has 0 atom stereocenters. The molecule has 4 nitrogen and oxygen atoms in total. The minimum atomic E-state index is -1.11. The Morgan fingerprint density at radius 2 is 2.20 bits per heavy atom. The third-order valence-electron chi connectivity index (χ3n) is 2.36. The molecule has 0 aromatic carbocycles. The van der Waals surface area contributed by atoms with Crippen molar-refractivity contribution in [2.45, 2.75) is 12.8 Å². The van der Waals surface area contributed by atoms with Gasteiger partial charge in [-0.25, -0.2) is 0 Å². The molecular formula is C10H15NO3S. The standard InChI is InChI=1S/C10H15NO3S/c1-2-6-15-7-5-11-8(12)10(3-4-10)9(13)14/h2H,1,3-7H2,(H,11,12)(H,13,14). The number of amides is 1. The lowest BCUT2D eigenvalue weighted by atomic mass is 10.1. The van der Waals surface area contributed by atoms with Crippen molar-refractivity contribution in [1.82, 2.24) is 5.32 Å². The zero-order chi connectivity index (χ0) is 11.3. The second-order valence-corrected chi connectivity index (χ2v) is 4.66. The number of nitrogens with one attached hydrogen (secondary N) is 1. The van der Waals surface area contributed by atoms with Gasteiger partial charge in [0.15, 0.2) is 0 Å². The molecule has 0 aromatic rings. The number of carboxylic acid groups (broad SMARTS) is 1. The summed E-state index contributed by atoms with van der Waals surface area (Å²) in [5.74, 6) is 0.292. The minimum Gasteiger partial charge on any atom is -0.480 e. The highest BCUT2D eigenvalue weighted by Gasteiger charge is 2.56. The fourth-order valence-electron chi connectivity index (χ4n) is 1.24. The van der Waals surface area contributed by atoms with Gasteiger partial charge in [-0.05, 0) is 12.8 Å². The normalized spacial score (nSPS) is 16.8. The van der Waals surface area contributed by atoms with Crippen LogP contribution in [0.1, 0.15) is 12.8 Å². The Bertz CT molecular complexity index is 274. The third-order valence-corrected chi connectivity index (χ3v) is 3.33. The van der Waals surface area contributed by atoms with Crippen LogP contribution in [0.2, 0.25) is 0 Å². The number of hydrogen-bond donors (Lipinski definition) is 2. The first-order valence-electron chi connectivity index (χ1n) is 4.84. The maximum Gasteiger partial charge on any atom is 0.319 e. The molecule has 1 aliphatic carbocycles. The summed E-state index contributed by atoms with van der Waals surface area (Å²) in [6.45, 7) is 4.10. The SMILES string of the molecule is C=CCSCCNC(=O)C1(C(=O)O)CC1. The van der Waals surface area contributed by atoms with Crippen LogP contribution in [0, 0.1) is 5.41 Å². The summed E-state index contributed by atoms with van der Waals surface area (Å²) in [6, 6.07) is 0. The highest BCUT2D eigenvalue weighted by Crippen LogP contribution is 2.45. The molecule has 15 heavy (non-hydrogen) atoms. The Morgan fingerprint density at radius 3 is 2.67 bits per heavy atom. The van der Waals surface area contributed by atoms with Gasteiger partial charge in [-0.15, -0.1) is 6.58 Å². The number of carboxylic acids is 1. The first kappa shape index (κ1) is 12.1. The van der Waals surface area contributed by atoms with Gasteiger partial charge >= 0.3 is 5.97 Å². The molecule has 0 aliphatic heterocycles. The minimum absolute atomic E-state index is 0.339. The molecule has 84 valence electrons. The summed E-state index contributed by atoms with van der Waals surface area (Å²) >= 11 is 1.65. The van der Waals surface area contributed by atoms with Crippen LogP contribution in [-0.4, -0.2) is 35.0 Å². The van der Waals surface area contributed by atoms with Gasteiger partial charge in [-0.2, -0.15) is 11.8 Å². The molecule has 0 spiro atoms. The Kier molecular flexibility index (Phi) is 4.20. The van der Waals surface area contributed by atoms with Crippen LogP contribution in [0.15, 0.2) is 12.7 Å². The van der Waals surface area contributed by atoms with Crippen LogP contribution in [0.25, 0.3) is 0 Å². The smallest absolute Gasteiger partial charge is 0.319 e. The predicted octanol–water partition coefficient (Wildman–Crippen LogP) is 0.887. The second-order valence-electron chi connectivity index (χ2n) is 3.51. The monoisotopic (exact) mass is 229 g/mol. The summed E-state index contributed by atoms with van der Waals surface area (Å²) in [5.41, 5.74) is -1.11. The van der Waals surface area contributed by atoms with Gasteiger partial charge in [0.2, 0.25) is 5.91 Å². The van der Waals surface area contributed by atoms with Crippen molar-refractivity contribution in [2.24, 2.45) is 5.41 Å². The van der Waals surface area contributed by atoms with Crippen LogP contribution in [0.3, 0.4) is 0 Å². The second kappa shape index (κ2) is 5.21. The van der Waals surface area contributed by atoms with E-state index in [0.29, 0.717) is 19.4 Å². The van der Waals surface area contributed by atoms with Crippen molar-refractivity contribution in [3.8, 4) is 0 Å². The molecule has 1 fully saturated rings. The van der Waals surface area contributed by atoms with E-state index in [1.54, 1.807) is 17.8 Å². The number of carbonyl (C=O) groups excluding carboxylic acids is 1. The topological polar surface area (TPSA) is 66.4 Å². The van der Waals surface area contributed by atoms with Gasteiger partial charge in [-0.1, -0.05) is 6.08 Å². The largest absolute Gasteiger partial charge is 0.480 e. The zero-order valence-electron chi connectivity index (χ0n) is 8.49. The lowest BCUT2D eigenvalue weighted by Gasteiger charge is -2.09. The molecule has 5 heteroatoms. The molecule has 0 aromatic heterocycles. The highest BCUT2D eigenvalue weighted by atomic mass is 32.2. The van der Waals surface area contributed by atoms with E-state index in [-0.39, 0.29) is 5.91 Å². The number of aliphatic carboxylic acids is 1. The lowest BCUT2D eigenvalue weighted by Crippen LogP contribution is -2.38. The van der Waals surface area contributed by atoms with Gasteiger partial charge in [0, 0.05) is 18.1 Å². The maximum atomic E-state index is 11.5. The van der Waals surface area contributed by atoms with E-state index in [0.717, 1.165) is 11.5 Å². The molecule has 0 heterocycles. The van der Waals surface area contributed by atoms with Crippen LogP contribution in [0.5, 0.6) is 0 Å². The number of thioether (sulfide) groups is 1. The lowest BCUT2D eigenvalue weighted by molar-refractivity contribution is -0.148. The van der Waals surface area contributed by atoms with Gasteiger partial charge in [0.25, 0.3) is 0 Å². The fourth-order valence-corrected chi connectivity index (χ4v) is 1.82. The van der Waals surface area contributed by atoms with Crippen molar-refractivity contribution in [2.75, 3.05) is 18.1 Å². The first-order chi connectivity index (χ1) is 7.13. The molecule has 1 amide bonds. The van der Waals surface area contributed by atoms with Gasteiger partial charge in [0.05, 0.1) is 0 Å². The van der Waals surface area contributed by atoms with Crippen molar-refractivity contribution in [1.29, 1.82) is 0 Å². The predicted molar refractivity (Wildman–Crippen MR) is 59.8 cm³/mol. The molecule has 2 N–H and O–H groups in total. The first-order valence-corrected chi connectivity index (χ1v) is 5.99. The summed E-state index contributed by atoms with van der Waals surface area (Å²) in [7, 11) is 0. The van der Waals surface area contributed by atoms with E-state index in [2.05, 4.69) is 11.9 Å². The average molecular weight is 229 g/mol. The maximum absolute atomic E-state index is 11.5.